The summed E-state index contributed by atoms with van der Waals surface area (Å²) in [6.07, 6.45) is 0.222. The van der Waals surface area contributed by atoms with Crippen LogP contribution in [0.25, 0.3) is 0 Å². The molecule has 0 aromatic carbocycles. The normalized spacial score (nSPS) is 37.5. The van der Waals surface area contributed by atoms with E-state index in [-0.39, 0.29) is 18.1 Å². The number of carbonyl (C=O) groups excluding carboxylic acids is 1. The van der Waals surface area contributed by atoms with Gasteiger partial charge in [-0.3, -0.25) is 4.79 Å². The largest absolute Gasteiger partial charge is 0.392 e. The lowest BCUT2D eigenvalue weighted by Crippen LogP contribution is -2.73. The topological polar surface area (TPSA) is 64.6 Å². The van der Waals surface area contributed by atoms with Crippen LogP contribution in [0.4, 0.5) is 0 Å². The fourth-order valence-electron chi connectivity index (χ4n) is 2.75. The maximum atomic E-state index is 11.9. The number of hydrogen-bond acceptors (Lipinski definition) is 4. The van der Waals surface area contributed by atoms with Crippen LogP contribution in [0.2, 0.25) is 0 Å². The minimum absolute atomic E-state index is 0.148. The number of aliphatic hydroxyl groups is 1. The van der Waals surface area contributed by atoms with Gasteiger partial charge in [-0.25, -0.2) is 0 Å². The zero-order chi connectivity index (χ0) is 10.5. The van der Waals surface area contributed by atoms with Gasteiger partial charge in [-0.15, -0.1) is 0 Å². The molecular formula is C10H17N3O2. The van der Waals surface area contributed by atoms with E-state index in [1.807, 2.05) is 4.90 Å². The molecule has 0 aromatic heterocycles. The number of hydrogen-bond donors (Lipinski definition) is 3. The van der Waals surface area contributed by atoms with E-state index < -0.39 is 0 Å². The van der Waals surface area contributed by atoms with Gasteiger partial charge < -0.3 is 20.6 Å². The van der Waals surface area contributed by atoms with E-state index in [2.05, 4.69) is 10.6 Å². The van der Waals surface area contributed by atoms with Gasteiger partial charge in [0.05, 0.1) is 12.1 Å². The molecule has 2 atom stereocenters. The summed E-state index contributed by atoms with van der Waals surface area (Å²) in [5, 5.41) is 15.6. The van der Waals surface area contributed by atoms with Crippen molar-refractivity contribution in [3.63, 3.8) is 0 Å². The summed E-state index contributed by atoms with van der Waals surface area (Å²) in [4.78, 5) is 13.8. The molecule has 1 spiro atoms. The SMILES string of the molecule is O=C([C@@H]1C[C@@H](O)CN1)N1CC2(CNC2)C1. The van der Waals surface area contributed by atoms with E-state index in [1.165, 1.54) is 0 Å². The van der Waals surface area contributed by atoms with Gasteiger partial charge in [0, 0.05) is 38.1 Å². The third-order valence-electron chi connectivity index (χ3n) is 3.77. The van der Waals surface area contributed by atoms with Gasteiger partial charge in [-0.2, -0.15) is 0 Å². The summed E-state index contributed by atoms with van der Waals surface area (Å²) in [6.45, 7) is 4.45. The first-order valence-corrected chi connectivity index (χ1v) is 5.60. The third-order valence-corrected chi connectivity index (χ3v) is 3.77. The van der Waals surface area contributed by atoms with Crippen molar-refractivity contribution >= 4 is 5.91 Å². The minimum atomic E-state index is -0.348. The predicted octanol–water partition coefficient (Wildman–Crippen LogP) is -1.86. The molecule has 84 valence electrons. The van der Waals surface area contributed by atoms with E-state index >= 15 is 0 Å². The predicted molar refractivity (Wildman–Crippen MR) is 54.3 cm³/mol. The maximum Gasteiger partial charge on any atom is 0.239 e. The Labute approximate surface area is 88.8 Å². The van der Waals surface area contributed by atoms with Crippen molar-refractivity contribution < 1.29 is 9.90 Å². The van der Waals surface area contributed by atoms with Crippen LogP contribution in [0.5, 0.6) is 0 Å². The summed E-state index contributed by atoms with van der Waals surface area (Å²) < 4.78 is 0. The summed E-state index contributed by atoms with van der Waals surface area (Å²) in [5.41, 5.74) is 0.396. The van der Waals surface area contributed by atoms with Crippen LogP contribution in [0.1, 0.15) is 6.42 Å². The molecule has 5 heteroatoms. The van der Waals surface area contributed by atoms with Crippen molar-refractivity contribution in [1.82, 2.24) is 15.5 Å². The van der Waals surface area contributed by atoms with Gasteiger partial charge in [0.2, 0.25) is 5.91 Å². The number of nitrogens with zero attached hydrogens (tertiary/aromatic N) is 1. The van der Waals surface area contributed by atoms with Crippen molar-refractivity contribution in [3.8, 4) is 0 Å². The zero-order valence-electron chi connectivity index (χ0n) is 8.70. The highest BCUT2D eigenvalue weighted by atomic mass is 16.3. The van der Waals surface area contributed by atoms with Crippen molar-refractivity contribution in [2.75, 3.05) is 32.7 Å². The van der Waals surface area contributed by atoms with Gasteiger partial charge >= 0.3 is 0 Å². The lowest BCUT2D eigenvalue weighted by Gasteiger charge is -2.56. The second-order valence-electron chi connectivity index (χ2n) is 5.15. The van der Waals surface area contributed by atoms with Gasteiger partial charge in [0.1, 0.15) is 0 Å². The fourth-order valence-corrected chi connectivity index (χ4v) is 2.75. The molecule has 0 radical (unpaired) electrons. The summed E-state index contributed by atoms with van der Waals surface area (Å²) in [7, 11) is 0. The van der Waals surface area contributed by atoms with E-state index in [0.717, 1.165) is 26.2 Å². The fraction of sp³-hybridized carbons (Fsp3) is 0.900. The quantitative estimate of drug-likeness (QED) is 0.476. The molecule has 3 aliphatic heterocycles. The maximum absolute atomic E-state index is 11.9. The molecule has 0 saturated carbocycles. The first kappa shape index (κ1) is 9.57. The standard InChI is InChI=1S/C10H17N3O2/c14-7-1-8(12-2-7)9(15)13-5-10(6-13)3-11-4-10/h7-8,11-12,14H,1-6H2/t7-,8+/m1/s1. The van der Waals surface area contributed by atoms with Crippen molar-refractivity contribution in [2.24, 2.45) is 5.41 Å². The highest BCUT2D eigenvalue weighted by Crippen LogP contribution is 2.34. The third kappa shape index (κ3) is 1.46. The lowest BCUT2D eigenvalue weighted by atomic mass is 9.74. The Balaban J connectivity index is 1.53. The molecule has 0 bridgehead atoms. The first-order chi connectivity index (χ1) is 7.19. The van der Waals surface area contributed by atoms with Crippen LogP contribution in [0, 0.1) is 5.41 Å². The molecule has 3 heterocycles. The van der Waals surface area contributed by atoms with Crippen molar-refractivity contribution in [2.45, 2.75) is 18.6 Å². The summed E-state index contributed by atoms with van der Waals surface area (Å²) >= 11 is 0. The zero-order valence-corrected chi connectivity index (χ0v) is 8.70. The molecule has 3 aliphatic rings. The van der Waals surface area contributed by atoms with Crippen LogP contribution < -0.4 is 10.6 Å². The molecule has 0 aliphatic carbocycles. The molecule has 3 rings (SSSR count). The molecule has 1 amide bonds. The van der Waals surface area contributed by atoms with Crippen LogP contribution in [-0.4, -0.2) is 60.8 Å². The number of aliphatic hydroxyl groups excluding tert-OH is 1. The van der Waals surface area contributed by atoms with Crippen LogP contribution in [-0.2, 0) is 4.79 Å². The number of carbonyl (C=O) groups is 1. The molecule has 3 N–H and O–H groups in total. The molecule has 0 aromatic rings. The van der Waals surface area contributed by atoms with Crippen LogP contribution in [0.3, 0.4) is 0 Å². The van der Waals surface area contributed by atoms with Crippen molar-refractivity contribution in [1.29, 1.82) is 0 Å². The summed E-state index contributed by atoms with van der Waals surface area (Å²) in [6, 6.07) is -0.148. The Morgan fingerprint density at radius 2 is 2.13 bits per heavy atom. The van der Waals surface area contributed by atoms with E-state index in [0.29, 0.717) is 18.4 Å². The molecule has 3 saturated heterocycles. The average molecular weight is 211 g/mol. The smallest absolute Gasteiger partial charge is 0.239 e. The molecule has 3 fully saturated rings. The van der Waals surface area contributed by atoms with E-state index in [1.54, 1.807) is 0 Å². The van der Waals surface area contributed by atoms with Crippen molar-refractivity contribution in [3.05, 3.63) is 0 Å². The number of rotatable bonds is 1. The second-order valence-corrected chi connectivity index (χ2v) is 5.15. The average Bonchev–Trinajstić information content (AvgIpc) is 2.46. The Bertz CT molecular complexity index is 282. The monoisotopic (exact) mass is 211 g/mol. The van der Waals surface area contributed by atoms with Gasteiger partial charge in [0.15, 0.2) is 0 Å². The Kier molecular flexibility index (Phi) is 2.02. The second kappa shape index (κ2) is 3.17. The van der Waals surface area contributed by atoms with Crippen LogP contribution in [0.15, 0.2) is 0 Å². The van der Waals surface area contributed by atoms with E-state index in [4.69, 9.17) is 0 Å². The molecule has 0 unspecified atom stereocenters. The lowest BCUT2D eigenvalue weighted by molar-refractivity contribution is -0.148. The number of β-amino-alcohol motifs (C(OH)–C–C–N with tert-alkyl or cyclic N) is 1. The highest BCUT2D eigenvalue weighted by Gasteiger charge is 2.50. The first-order valence-electron chi connectivity index (χ1n) is 5.60. The van der Waals surface area contributed by atoms with Gasteiger partial charge in [-0.05, 0) is 6.42 Å². The Hall–Kier alpha value is -0.650. The van der Waals surface area contributed by atoms with Gasteiger partial charge in [-0.1, -0.05) is 0 Å². The van der Waals surface area contributed by atoms with Gasteiger partial charge in [0.25, 0.3) is 0 Å². The van der Waals surface area contributed by atoms with E-state index in [9.17, 15) is 9.90 Å². The Morgan fingerprint density at radius 1 is 1.40 bits per heavy atom. The molecular weight excluding hydrogens is 194 g/mol. The van der Waals surface area contributed by atoms with Crippen LogP contribution >= 0.6 is 0 Å². The number of amides is 1. The molecule has 5 nitrogen and oxygen atoms in total. The summed E-state index contributed by atoms with van der Waals surface area (Å²) in [5.74, 6) is 0.170. The molecule has 15 heavy (non-hydrogen) atoms. The minimum Gasteiger partial charge on any atom is -0.392 e. The number of nitrogens with one attached hydrogen (secondary N) is 2. The highest BCUT2D eigenvalue weighted by molar-refractivity contribution is 5.83. The number of likely N-dealkylation sites (tertiary alicyclic amines) is 1. The Morgan fingerprint density at radius 3 is 2.60 bits per heavy atom.